The van der Waals surface area contributed by atoms with E-state index in [0.717, 1.165) is 5.56 Å². The monoisotopic (exact) mass is 188 g/mol. The minimum Gasteiger partial charge on any atom is -0.465 e. The standard InChI is InChI=1S/C12H12O2/c13-12-8-11(9-14-12)7-6-10-4-2-1-3-5-10/h1-7,11H,8-9H2/t11-/m0/s1. The molecule has 0 aromatic heterocycles. The summed E-state index contributed by atoms with van der Waals surface area (Å²) in [4.78, 5) is 10.8. The van der Waals surface area contributed by atoms with Gasteiger partial charge in [-0.05, 0) is 5.56 Å². The van der Waals surface area contributed by atoms with Crippen molar-refractivity contribution in [3.05, 3.63) is 42.0 Å². The molecule has 0 bridgehead atoms. The normalized spacial score (nSPS) is 21.4. The maximum atomic E-state index is 10.8. The van der Waals surface area contributed by atoms with Gasteiger partial charge in [0, 0.05) is 5.92 Å². The zero-order valence-electron chi connectivity index (χ0n) is 7.85. The summed E-state index contributed by atoms with van der Waals surface area (Å²) in [6.45, 7) is 0.530. The molecule has 1 aromatic rings. The maximum Gasteiger partial charge on any atom is 0.306 e. The van der Waals surface area contributed by atoms with Crippen molar-refractivity contribution in [2.24, 2.45) is 5.92 Å². The third-order valence-corrected chi connectivity index (χ3v) is 2.25. The van der Waals surface area contributed by atoms with E-state index in [2.05, 4.69) is 0 Å². The SMILES string of the molecule is O=C1C[C@H](C=Cc2ccccc2)CO1. The minimum absolute atomic E-state index is 0.0901. The van der Waals surface area contributed by atoms with Crippen LogP contribution in [0.5, 0.6) is 0 Å². The Kier molecular flexibility index (Phi) is 2.63. The fraction of sp³-hybridized carbons (Fsp3) is 0.250. The summed E-state index contributed by atoms with van der Waals surface area (Å²) in [6.07, 6.45) is 4.59. The zero-order chi connectivity index (χ0) is 9.80. The highest BCUT2D eigenvalue weighted by atomic mass is 16.5. The lowest BCUT2D eigenvalue weighted by molar-refractivity contribution is -0.137. The highest BCUT2D eigenvalue weighted by Gasteiger charge is 2.20. The first kappa shape index (κ1) is 9.00. The summed E-state index contributed by atoms with van der Waals surface area (Å²) < 4.78 is 4.86. The zero-order valence-corrected chi connectivity index (χ0v) is 7.85. The Balaban J connectivity index is 1.97. The van der Waals surface area contributed by atoms with E-state index in [1.807, 2.05) is 42.5 Å². The maximum absolute atomic E-state index is 10.8. The van der Waals surface area contributed by atoms with Gasteiger partial charge in [0.15, 0.2) is 0 Å². The second-order valence-electron chi connectivity index (χ2n) is 3.42. The molecule has 72 valence electrons. The van der Waals surface area contributed by atoms with Crippen LogP contribution in [0.2, 0.25) is 0 Å². The molecule has 1 aliphatic heterocycles. The number of ether oxygens (including phenoxy) is 1. The molecule has 14 heavy (non-hydrogen) atoms. The third-order valence-electron chi connectivity index (χ3n) is 2.25. The second-order valence-corrected chi connectivity index (χ2v) is 3.42. The molecular formula is C12H12O2. The van der Waals surface area contributed by atoms with Crippen LogP contribution >= 0.6 is 0 Å². The molecule has 2 rings (SSSR count). The Bertz CT molecular complexity index is 341. The molecule has 1 heterocycles. The van der Waals surface area contributed by atoms with Crippen LogP contribution < -0.4 is 0 Å². The van der Waals surface area contributed by atoms with Gasteiger partial charge in [0.05, 0.1) is 13.0 Å². The van der Waals surface area contributed by atoms with E-state index in [1.54, 1.807) is 0 Å². The van der Waals surface area contributed by atoms with Gasteiger partial charge in [0.25, 0.3) is 0 Å². The minimum atomic E-state index is -0.0901. The van der Waals surface area contributed by atoms with Gasteiger partial charge in [-0.25, -0.2) is 0 Å². The Labute approximate surface area is 83.2 Å². The van der Waals surface area contributed by atoms with E-state index >= 15 is 0 Å². The van der Waals surface area contributed by atoms with Gasteiger partial charge in [-0.15, -0.1) is 0 Å². The van der Waals surface area contributed by atoms with Gasteiger partial charge >= 0.3 is 5.97 Å². The summed E-state index contributed by atoms with van der Waals surface area (Å²) in [7, 11) is 0. The highest BCUT2D eigenvalue weighted by Crippen LogP contribution is 2.16. The molecule has 0 aliphatic carbocycles. The first-order chi connectivity index (χ1) is 6.84. The molecule has 1 saturated heterocycles. The molecule has 0 spiro atoms. The summed E-state index contributed by atoms with van der Waals surface area (Å²) in [6, 6.07) is 10.0. The van der Waals surface area contributed by atoms with Crippen molar-refractivity contribution in [3.8, 4) is 0 Å². The molecule has 1 aliphatic rings. The smallest absolute Gasteiger partial charge is 0.306 e. The number of benzene rings is 1. The predicted octanol–water partition coefficient (Wildman–Crippen LogP) is 2.26. The van der Waals surface area contributed by atoms with Crippen molar-refractivity contribution in [1.82, 2.24) is 0 Å². The number of hydrogen-bond acceptors (Lipinski definition) is 2. The van der Waals surface area contributed by atoms with Gasteiger partial charge < -0.3 is 4.74 Å². The lowest BCUT2D eigenvalue weighted by Crippen LogP contribution is -1.92. The Hall–Kier alpha value is -1.57. The average Bonchev–Trinajstić information content (AvgIpc) is 2.63. The van der Waals surface area contributed by atoms with Gasteiger partial charge in [-0.1, -0.05) is 42.5 Å². The third kappa shape index (κ3) is 2.22. The molecule has 0 saturated carbocycles. The molecule has 0 radical (unpaired) electrons. The summed E-state index contributed by atoms with van der Waals surface area (Å²) in [5.41, 5.74) is 1.16. The van der Waals surface area contributed by atoms with E-state index in [0.29, 0.717) is 13.0 Å². The van der Waals surface area contributed by atoms with Gasteiger partial charge in [0.1, 0.15) is 0 Å². The van der Waals surface area contributed by atoms with Gasteiger partial charge in [0.2, 0.25) is 0 Å². The molecule has 0 amide bonds. The average molecular weight is 188 g/mol. The van der Waals surface area contributed by atoms with Crippen LogP contribution in [-0.4, -0.2) is 12.6 Å². The van der Waals surface area contributed by atoms with E-state index in [4.69, 9.17) is 4.74 Å². The van der Waals surface area contributed by atoms with Crippen LogP contribution in [0, 0.1) is 5.92 Å². The number of rotatable bonds is 2. The van der Waals surface area contributed by atoms with Crippen molar-refractivity contribution in [2.75, 3.05) is 6.61 Å². The summed E-state index contributed by atoms with van der Waals surface area (Å²) in [5.74, 6) is 0.162. The van der Waals surface area contributed by atoms with Crippen LogP contribution in [0.25, 0.3) is 6.08 Å². The molecule has 1 aromatic carbocycles. The fourth-order valence-corrected chi connectivity index (χ4v) is 1.47. The van der Waals surface area contributed by atoms with E-state index in [-0.39, 0.29) is 11.9 Å². The molecule has 0 N–H and O–H groups in total. The number of carbonyl (C=O) groups is 1. The number of cyclic esters (lactones) is 1. The number of esters is 1. The first-order valence-electron chi connectivity index (χ1n) is 4.73. The lowest BCUT2D eigenvalue weighted by atomic mass is 10.1. The van der Waals surface area contributed by atoms with Crippen LogP contribution in [0.4, 0.5) is 0 Å². The quantitative estimate of drug-likeness (QED) is 0.665. The summed E-state index contributed by atoms with van der Waals surface area (Å²) in [5, 5.41) is 0. The molecule has 2 nitrogen and oxygen atoms in total. The van der Waals surface area contributed by atoms with Gasteiger partial charge in [-0.3, -0.25) is 4.79 Å². The summed E-state index contributed by atoms with van der Waals surface area (Å²) >= 11 is 0. The predicted molar refractivity (Wildman–Crippen MR) is 54.5 cm³/mol. The molecule has 1 fully saturated rings. The van der Waals surface area contributed by atoms with Crippen molar-refractivity contribution in [3.63, 3.8) is 0 Å². The molecule has 0 unspecified atom stereocenters. The van der Waals surface area contributed by atoms with Crippen LogP contribution in [-0.2, 0) is 9.53 Å². The fourth-order valence-electron chi connectivity index (χ4n) is 1.47. The Morgan fingerprint density at radius 3 is 2.71 bits per heavy atom. The van der Waals surface area contributed by atoms with E-state index < -0.39 is 0 Å². The number of carbonyl (C=O) groups excluding carboxylic acids is 1. The van der Waals surface area contributed by atoms with E-state index in [1.165, 1.54) is 0 Å². The van der Waals surface area contributed by atoms with Crippen molar-refractivity contribution in [1.29, 1.82) is 0 Å². The molecule has 2 heteroatoms. The first-order valence-corrected chi connectivity index (χ1v) is 4.73. The van der Waals surface area contributed by atoms with Crippen LogP contribution in [0.3, 0.4) is 0 Å². The molecule has 1 atom stereocenters. The van der Waals surface area contributed by atoms with Crippen LogP contribution in [0.15, 0.2) is 36.4 Å². The largest absolute Gasteiger partial charge is 0.465 e. The second kappa shape index (κ2) is 4.09. The van der Waals surface area contributed by atoms with Crippen molar-refractivity contribution in [2.45, 2.75) is 6.42 Å². The Morgan fingerprint density at radius 2 is 2.07 bits per heavy atom. The highest BCUT2D eigenvalue weighted by molar-refractivity contribution is 5.72. The van der Waals surface area contributed by atoms with Crippen molar-refractivity contribution < 1.29 is 9.53 Å². The van der Waals surface area contributed by atoms with Gasteiger partial charge in [-0.2, -0.15) is 0 Å². The van der Waals surface area contributed by atoms with E-state index in [9.17, 15) is 4.79 Å². The van der Waals surface area contributed by atoms with Crippen LogP contribution in [0.1, 0.15) is 12.0 Å². The van der Waals surface area contributed by atoms with Crippen molar-refractivity contribution >= 4 is 12.0 Å². The number of hydrogen-bond donors (Lipinski definition) is 0. The topological polar surface area (TPSA) is 26.3 Å². The lowest BCUT2D eigenvalue weighted by Gasteiger charge is -1.96. The molecular weight excluding hydrogens is 176 g/mol. The Morgan fingerprint density at radius 1 is 1.29 bits per heavy atom.